The number of rotatable bonds is 4. The van der Waals surface area contributed by atoms with Crippen LogP contribution < -0.4 is 16.8 Å². The number of hydrogen-bond donors (Lipinski definition) is 3. The fourth-order valence-corrected chi connectivity index (χ4v) is 1.81. The van der Waals surface area contributed by atoms with Crippen molar-refractivity contribution in [2.75, 3.05) is 11.1 Å². The second-order valence-electron chi connectivity index (χ2n) is 4.34. The van der Waals surface area contributed by atoms with Crippen molar-refractivity contribution in [1.29, 1.82) is 0 Å². The minimum absolute atomic E-state index is 0.407. The number of nitrogen functional groups attached to an aromatic ring is 1. The van der Waals surface area contributed by atoms with Gasteiger partial charge in [0.2, 0.25) is 5.91 Å². The van der Waals surface area contributed by atoms with Gasteiger partial charge in [0.05, 0.1) is 11.4 Å². The number of benzene rings is 2. The van der Waals surface area contributed by atoms with Crippen LogP contribution in [-0.2, 0) is 6.42 Å². The van der Waals surface area contributed by atoms with Crippen LogP contribution in [0.4, 0.5) is 17.1 Å². The van der Waals surface area contributed by atoms with Gasteiger partial charge in [-0.3, -0.25) is 4.79 Å². The van der Waals surface area contributed by atoms with Gasteiger partial charge in [0.1, 0.15) is 0 Å². The molecule has 1 amide bonds. The molecule has 0 saturated heterocycles. The first-order chi connectivity index (χ1) is 9.10. The molecule has 4 heteroatoms. The molecule has 0 saturated carbocycles. The molecular weight excluding hydrogens is 238 g/mol. The minimum Gasteiger partial charge on any atom is -0.397 e. The highest BCUT2D eigenvalue weighted by atomic mass is 16.1. The fraction of sp³-hybridized carbons (Fsp3) is 0.133. The molecule has 0 radical (unpaired) electrons. The van der Waals surface area contributed by atoms with Crippen molar-refractivity contribution in [3.05, 3.63) is 53.6 Å². The van der Waals surface area contributed by atoms with E-state index in [0.29, 0.717) is 11.3 Å². The van der Waals surface area contributed by atoms with Crippen LogP contribution in [0.25, 0.3) is 0 Å². The lowest BCUT2D eigenvalue weighted by Crippen LogP contribution is -2.11. The van der Waals surface area contributed by atoms with Gasteiger partial charge >= 0.3 is 0 Å². The molecule has 0 spiro atoms. The predicted octanol–water partition coefficient (Wildman–Crippen LogP) is 2.67. The van der Waals surface area contributed by atoms with Crippen LogP contribution in [0.15, 0.2) is 42.5 Å². The highest BCUT2D eigenvalue weighted by molar-refractivity contribution is 5.95. The maximum atomic E-state index is 11.0. The molecule has 2 aromatic rings. The van der Waals surface area contributed by atoms with Crippen molar-refractivity contribution in [1.82, 2.24) is 0 Å². The van der Waals surface area contributed by atoms with Crippen LogP contribution in [0.2, 0.25) is 0 Å². The SMILES string of the molecule is CCc1ccc(Nc2ccc(C(N)=O)cc2N)cc1. The summed E-state index contributed by atoms with van der Waals surface area (Å²) in [6.07, 6.45) is 1.01. The Bertz CT molecular complexity index is 591. The van der Waals surface area contributed by atoms with Crippen LogP contribution in [-0.4, -0.2) is 5.91 Å². The second-order valence-corrected chi connectivity index (χ2v) is 4.34. The fourth-order valence-electron chi connectivity index (χ4n) is 1.81. The van der Waals surface area contributed by atoms with Gasteiger partial charge in [0.25, 0.3) is 0 Å². The van der Waals surface area contributed by atoms with E-state index in [4.69, 9.17) is 11.5 Å². The first-order valence-corrected chi connectivity index (χ1v) is 6.15. The average molecular weight is 255 g/mol. The van der Waals surface area contributed by atoms with E-state index in [1.807, 2.05) is 12.1 Å². The molecule has 19 heavy (non-hydrogen) atoms. The molecule has 0 heterocycles. The van der Waals surface area contributed by atoms with E-state index in [2.05, 4.69) is 24.4 Å². The van der Waals surface area contributed by atoms with Crippen molar-refractivity contribution in [2.24, 2.45) is 5.73 Å². The first kappa shape index (κ1) is 13.0. The lowest BCUT2D eigenvalue weighted by molar-refractivity contribution is 0.100. The van der Waals surface area contributed by atoms with E-state index in [9.17, 15) is 4.79 Å². The molecule has 0 unspecified atom stereocenters. The van der Waals surface area contributed by atoms with E-state index in [1.165, 1.54) is 5.56 Å². The molecule has 0 fully saturated rings. The number of carbonyl (C=O) groups excluding carboxylic acids is 1. The van der Waals surface area contributed by atoms with E-state index >= 15 is 0 Å². The van der Waals surface area contributed by atoms with Gasteiger partial charge in [-0.05, 0) is 42.3 Å². The van der Waals surface area contributed by atoms with Crippen molar-refractivity contribution in [3.63, 3.8) is 0 Å². The van der Waals surface area contributed by atoms with Crippen LogP contribution >= 0.6 is 0 Å². The third-order valence-electron chi connectivity index (χ3n) is 2.98. The molecule has 0 bridgehead atoms. The van der Waals surface area contributed by atoms with Crippen LogP contribution in [0.1, 0.15) is 22.8 Å². The molecule has 5 N–H and O–H groups in total. The molecule has 0 atom stereocenters. The number of primary amides is 1. The van der Waals surface area contributed by atoms with Gasteiger partial charge in [-0.2, -0.15) is 0 Å². The van der Waals surface area contributed by atoms with Crippen molar-refractivity contribution < 1.29 is 4.79 Å². The third kappa shape index (κ3) is 3.04. The Morgan fingerprint density at radius 1 is 1.16 bits per heavy atom. The lowest BCUT2D eigenvalue weighted by atomic mass is 10.1. The Morgan fingerprint density at radius 2 is 1.84 bits per heavy atom. The predicted molar refractivity (Wildman–Crippen MR) is 78.5 cm³/mol. The Morgan fingerprint density at radius 3 is 2.37 bits per heavy atom. The van der Waals surface area contributed by atoms with Crippen molar-refractivity contribution in [3.8, 4) is 0 Å². The Labute approximate surface area is 112 Å². The summed E-state index contributed by atoms with van der Waals surface area (Å²) in [5.41, 5.74) is 15.0. The number of aryl methyl sites for hydroxylation is 1. The molecule has 0 aliphatic heterocycles. The smallest absolute Gasteiger partial charge is 0.248 e. The largest absolute Gasteiger partial charge is 0.397 e. The minimum atomic E-state index is -0.481. The van der Waals surface area contributed by atoms with E-state index in [0.717, 1.165) is 17.8 Å². The number of nitrogens with one attached hydrogen (secondary N) is 1. The molecule has 98 valence electrons. The monoisotopic (exact) mass is 255 g/mol. The summed E-state index contributed by atoms with van der Waals surface area (Å²) in [7, 11) is 0. The molecule has 0 aliphatic carbocycles. The molecule has 4 nitrogen and oxygen atoms in total. The molecule has 2 rings (SSSR count). The maximum absolute atomic E-state index is 11.0. The zero-order valence-electron chi connectivity index (χ0n) is 10.8. The van der Waals surface area contributed by atoms with Crippen LogP contribution in [0, 0.1) is 0 Å². The van der Waals surface area contributed by atoms with Gasteiger partial charge in [-0.25, -0.2) is 0 Å². The summed E-state index contributed by atoms with van der Waals surface area (Å²) in [5.74, 6) is -0.481. The first-order valence-electron chi connectivity index (χ1n) is 6.15. The maximum Gasteiger partial charge on any atom is 0.248 e. The summed E-state index contributed by atoms with van der Waals surface area (Å²) in [4.78, 5) is 11.0. The number of hydrogen-bond acceptors (Lipinski definition) is 3. The quantitative estimate of drug-likeness (QED) is 0.735. The summed E-state index contributed by atoms with van der Waals surface area (Å²) < 4.78 is 0. The van der Waals surface area contributed by atoms with Gasteiger partial charge in [-0.15, -0.1) is 0 Å². The second kappa shape index (κ2) is 5.44. The number of nitrogens with two attached hydrogens (primary N) is 2. The van der Waals surface area contributed by atoms with Crippen LogP contribution in [0.3, 0.4) is 0 Å². The van der Waals surface area contributed by atoms with E-state index in [1.54, 1.807) is 18.2 Å². The summed E-state index contributed by atoms with van der Waals surface area (Å²) in [6.45, 7) is 2.11. The number of carbonyl (C=O) groups is 1. The van der Waals surface area contributed by atoms with E-state index in [-0.39, 0.29) is 0 Å². The van der Waals surface area contributed by atoms with Gasteiger partial charge in [-0.1, -0.05) is 19.1 Å². The van der Waals surface area contributed by atoms with E-state index < -0.39 is 5.91 Å². The third-order valence-corrected chi connectivity index (χ3v) is 2.98. The highest BCUT2D eigenvalue weighted by Crippen LogP contribution is 2.24. The standard InChI is InChI=1S/C15H17N3O/c1-2-10-3-6-12(7-4-10)18-14-8-5-11(15(17)19)9-13(14)16/h3-9,18H,2,16H2,1H3,(H2,17,19). The van der Waals surface area contributed by atoms with Crippen molar-refractivity contribution >= 4 is 23.0 Å². The number of amides is 1. The van der Waals surface area contributed by atoms with Gasteiger partial charge < -0.3 is 16.8 Å². The average Bonchev–Trinajstić information content (AvgIpc) is 2.41. The topological polar surface area (TPSA) is 81.1 Å². The van der Waals surface area contributed by atoms with Gasteiger partial charge in [0, 0.05) is 11.3 Å². The Kier molecular flexibility index (Phi) is 3.71. The zero-order chi connectivity index (χ0) is 13.8. The van der Waals surface area contributed by atoms with Gasteiger partial charge in [0.15, 0.2) is 0 Å². The molecule has 2 aromatic carbocycles. The molecule has 0 aromatic heterocycles. The normalized spacial score (nSPS) is 10.2. The number of anilines is 3. The lowest BCUT2D eigenvalue weighted by Gasteiger charge is -2.10. The Balaban J connectivity index is 2.20. The van der Waals surface area contributed by atoms with Crippen LogP contribution in [0.5, 0.6) is 0 Å². The zero-order valence-corrected chi connectivity index (χ0v) is 10.8. The Hall–Kier alpha value is -2.49. The highest BCUT2D eigenvalue weighted by Gasteiger charge is 2.05. The molecule has 0 aliphatic rings. The molecular formula is C15H17N3O. The summed E-state index contributed by atoms with van der Waals surface area (Å²) in [6, 6.07) is 13.1. The summed E-state index contributed by atoms with van der Waals surface area (Å²) in [5, 5.41) is 3.21. The summed E-state index contributed by atoms with van der Waals surface area (Å²) >= 11 is 0. The van der Waals surface area contributed by atoms with Crippen molar-refractivity contribution in [2.45, 2.75) is 13.3 Å².